The summed E-state index contributed by atoms with van der Waals surface area (Å²) >= 11 is 5.91. The molecule has 0 radical (unpaired) electrons. The number of hydrogen-bond acceptors (Lipinski definition) is 4. The van der Waals surface area contributed by atoms with Crippen LogP contribution in [0, 0.1) is 5.41 Å². The van der Waals surface area contributed by atoms with Crippen LogP contribution in [0.1, 0.15) is 63.7 Å². The van der Waals surface area contributed by atoms with Crippen molar-refractivity contribution in [2.75, 3.05) is 13.1 Å². The van der Waals surface area contributed by atoms with Crippen LogP contribution in [-0.4, -0.2) is 34.0 Å². The molecule has 1 aliphatic heterocycles. The number of halogens is 1. The Labute approximate surface area is 171 Å². The van der Waals surface area contributed by atoms with Crippen molar-refractivity contribution in [1.29, 1.82) is 0 Å². The topological polar surface area (TPSA) is 59.2 Å². The predicted molar refractivity (Wildman–Crippen MR) is 109 cm³/mol. The molecule has 1 saturated heterocycles. The van der Waals surface area contributed by atoms with E-state index in [1.807, 2.05) is 24.3 Å². The molecule has 0 bridgehead atoms. The summed E-state index contributed by atoms with van der Waals surface area (Å²) in [6.45, 7) is 1.86. The molecule has 1 spiro atoms. The number of carbonyl (C=O) groups excluding carboxylic acids is 1. The fourth-order valence-electron chi connectivity index (χ4n) is 4.65. The molecule has 6 heteroatoms. The maximum absolute atomic E-state index is 12.6. The fourth-order valence-corrected chi connectivity index (χ4v) is 4.78. The van der Waals surface area contributed by atoms with Crippen molar-refractivity contribution in [1.82, 2.24) is 15.0 Å². The van der Waals surface area contributed by atoms with Crippen LogP contribution in [0.2, 0.25) is 5.02 Å². The van der Waals surface area contributed by atoms with Crippen molar-refractivity contribution in [3.05, 3.63) is 35.2 Å². The van der Waals surface area contributed by atoms with Gasteiger partial charge < -0.3 is 9.42 Å². The third-order valence-electron chi connectivity index (χ3n) is 6.44. The Kier molecular flexibility index (Phi) is 6.00. The van der Waals surface area contributed by atoms with E-state index in [9.17, 15) is 4.79 Å². The summed E-state index contributed by atoms with van der Waals surface area (Å²) in [6.07, 6.45) is 11.1. The first-order chi connectivity index (χ1) is 13.6. The molecule has 1 saturated carbocycles. The zero-order chi connectivity index (χ0) is 19.4. The first-order valence-corrected chi connectivity index (χ1v) is 10.9. The van der Waals surface area contributed by atoms with E-state index < -0.39 is 0 Å². The molecule has 1 aliphatic carbocycles. The van der Waals surface area contributed by atoms with Gasteiger partial charge in [-0.2, -0.15) is 4.98 Å². The molecule has 1 aromatic heterocycles. The minimum atomic E-state index is 0.267. The van der Waals surface area contributed by atoms with Crippen LogP contribution in [0.3, 0.4) is 0 Å². The minimum absolute atomic E-state index is 0.267. The molecule has 2 aliphatic rings. The quantitative estimate of drug-likeness (QED) is 0.683. The highest BCUT2D eigenvalue weighted by Crippen LogP contribution is 2.44. The van der Waals surface area contributed by atoms with Crippen LogP contribution in [0.15, 0.2) is 28.8 Å². The van der Waals surface area contributed by atoms with Gasteiger partial charge in [-0.3, -0.25) is 4.79 Å². The predicted octanol–water partition coefficient (Wildman–Crippen LogP) is 5.29. The van der Waals surface area contributed by atoms with E-state index >= 15 is 0 Å². The Balaban J connectivity index is 1.22. The molecule has 0 unspecified atom stereocenters. The number of benzene rings is 1. The van der Waals surface area contributed by atoms with Crippen molar-refractivity contribution < 1.29 is 9.32 Å². The van der Waals surface area contributed by atoms with Crippen molar-refractivity contribution >= 4 is 17.5 Å². The molecular formula is C22H28ClN3O2. The first kappa shape index (κ1) is 19.4. The lowest BCUT2D eigenvalue weighted by Crippen LogP contribution is -2.43. The van der Waals surface area contributed by atoms with E-state index in [0.29, 0.717) is 35.0 Å². The van der Waals surface area contributed by atoms with E-state index in [0.717, 1.165) is 25.1 Å². The SMILES string of the molecule is O=C(CCCc1nc(-c2ccc(Cl)cc2)no1)N1CCC2(CCCCC2)CC1. The van der Waals surface area contributed by atoms with Gasteiger partial charge >= 0.3 is 0 Å². The number of amides is 1. The number of hydrogen-bond donors (Lipinski definition) is 0. The van der Waals surface area contributed by atoms with Crippen molar-refractivity contribution in [3.63, 3.8) is 0 Å². The molecule has 28 heavy (non-hydrogen) atoms. The smallest absolute Gasteiger partial charge is 0.226 e. The highest BCUT2D eigenvalue weighted by molar-refractivity contribution is 6.30. The number of likely N-dealkylation sites (tertiary alicyclic amines) is 1. The van der Waals surface area contributed by atoms with Crippen molar-refractivity contribution in [2.24, 2.45) is 5.41 Å². The van der Waals surface area contributed by atoms with Gasteiger partial charge in [-0.1, -0.05) is 36.0 Å². The van der Waals surface area contributed by atoms with Crippen molar-refractivity contribution in [3.8, 4) is 11.4 Å². The second-order valence-electron chi connectivity index (χ2n) is 8.31. The average molecular weight is 402 g/mol. The number of carbonyl (C=O) groups is 1. The molecule has 150 valence electrons. The van der Waals surface area contributed by atoms with Crippen molar-refractivity contribution in [2.45, 2.75) is 64.2 Å². The Morgan fingerprint density at radius 1 is 1.07 bits per heavy atom. The molecule has 0 atom stereocenters. The van der Waals surface area contributed by atoms with Gasteiger partial charge in [0.2, 0.25) is 17.6 Å². The molecule has 2 aromatic rings. The average Bonchev–Trinajstić information content (AvgIpc) is 3.18. The van der Waals surface area contributed by atoms with E-state index in [4.69, 9.17) is 16.1 Å². The molecular weight excluding hydrogens is 374 g/mol. The minimum Gasteiger partial charge on any atom is -0.343 e. The molecule has 1 aromatic carbocycles. The summed E-state index contributed by atoms with van der Waals surface area (Å²) in [5.74, 6) is 1.41. The van der Waals surface area contributed by atoms with Crippen LogP contribution < -0.4 is 0 Å². The van der Waals surface area contributed by atoms with E-state index in [2.05, 4.69) is 15.0 Å². The second-order valence-corrected chi connectivity index (χ2v) is 8.75. The van der Waals surface area contributed by atoms with Gasteiger partial charge in [0.1, 0.15) is 0 Å². The van der Waals surface area contributed by atoms with Gasteiger partial charge in [0.15, 0.2) is 0 Å². The van der Waals surface area contributed by atoms with Gasteiger partial charge in [-0.15, -0.1) is 0 Å². The highest BCUT2D eigenvalue weighted by Gasteiger charge is 2.36. The highest BCUT2D eigenvalue weighted by atomic mass is 35.5. The van der Waals surface area contributed by atoms with Crippen LogP contribution >= 0.6 is 11.6 Å². The lowest BCUT2D eigenvalue weighted by molar-refractivity contribution is -0.134. The summed E-state index contributed by atoms with van der Waals surface area (Å²) in [6, 6.07) is 7.36. The van der Waals surface area contributed by atoms with Gasteiger partial charge in [0, 0.05) is 36.5 Å². The third-order valence-corrected chi connectivity index (χ3v) is 6.69. The molecule has 2 fully saturated rings. The normalized spacial score (nSPS) is 19.1. The molecule has 0 N–H and O–H groups in total. The number of aryl methyl sites for hydroxylation is 1. The summed E-state index contributed by atoms with van der Waals surface area (Å²) in [5.41, 5.74) is 1.41. The van der Waals surface area contributed by atoms with Crippen LogP contribution in [-0.2, 0) is 11.2 Å². The largest absolute Gasteiger partial charge is 0.343 e. The van der Waals surface area contributed by atoms with E-state index in [1.54, 1.807) is 0 Å². The van der Waals surface area contributed by atoms with Gasteiger partial charge in [-0.05, 0) is 61.8 Å². The molecule has 1 amide bonds. The number of rotatable bonds is 5. The summed E-state index contributed by atoms with van der Waals surface area (Å²) in [4.78, 5) is 19.1. The van der Waals surface area contributed by atoms with Gasteiger partial charge in [0.05, 0.1) is 0 Å². The molecule has 2 heterocycles. The summed E-state index contributed by atoms with van der Waals surface area (Å²) < 4.78 is 5.33. The summed E-state index contributed by atoms with van der Waals surface area (Å²) in [7, 11) is 0. The number of nitrogens with zero attached hydrogens (tertiary/aromatic N) is 3. The Hall–Kier alpha value is -1.88. The van der Waals surface area contributed by atoms with Crippen LogP contribution in [0.5, 0.6) is 0 Å². The van der Waals surface area contributed by atoms with Crippen LogP contribution in [0.4, 0.5) is 0 Å². The van der Waals surface area contributed by atoms with E-state index in [1.165, 1.54) is 44.9 Å². The molecule has 4 rings (SSSR count). The van der Waals surface area contributed by atoms with Gasteiger partial charge in [0.25, 0.3) is 0 Å². The monoisotopic (exact) mass is 401 g/mol. The Bertz CT molecular complexity index is 786. The van der Waals surface area contributed by atoms with E-state index in [-0.39, 0.29) is 5.91 Å². The standard InChI is InChI=1S/C22H28ClN3O2/c23-18-9-7-17(8-10-18)21-24-19(28-25-21)5-4-6-20(27)26-15-13-22(14-16-26)11-2-1-3-12-22/h7-10H,1-6,11-16H2. The zero-order valence-electron chi connectivity index (χ0n) is 16.3. The lowest BCUT2D eigenvalue weighted by Gasteiger charge is -2.44. The van der Waals surface area contributed by atoms with Crippen LogP contribution in [0.25, 0.3) is 11.4 Å². The first-order valence-electron chi connectivity index (χ1n) is 10.5. The molecule has 5 nitrogen and oxygen atoms in total. The third kappa shape index (κ3) is 4.57. The maximum Gasteiger partial charge on any atom is 0.226 e. The Morgan fingerprint density at radius 2 is 1.79 bits per heavy atom. The lowest BCUT2D eigenvalue weighted by atomic mass is 9.68. The van der Waals surface area contributed by atoms with Gasteiger partial charge in [-0.25, -0.2) is 0 Å². The zero-order valence-corrected chi connectivity index (χ0v) is 17.1. The Morgan fingerprint density at radius 3 is 2.50 bits per heavy atom. The number of piperidine rings is 1. The maximum atomic E-state index is 12.6. The second kappa shape index (κ2) is 8.64. The fraction of sp³-hybridized carbons (Fsp3) is 0.591. The number of aromatic nitrogens is 2. The summed E-state index contributed by atoms with van der Waals surface area (Å²) in [5, 5.41) is 4.71.